The number of anilines is 1. The zero-order valence-corrected chi connectivity index (χ0v) is 16.3. The number of methoxy groups -OCH3 is 1. The van der Waals surface area contributed by atoms with Crippen molar-refractivity contribution in [3.63, 3.8) is 0 Å². The topological polar surface area (TPSA) is 98.4 Å². The van der Waals surface area contributed by atoms with Crippen molar-refractivity contribution in [2.75, 3.05) is 32.1 Å². The van der Waals surface area contributed by atoms with Crippen LogP contribution in [0.2, 0.25) is 0 Å². The lowest BCUT2D eigenvalue weighted by Gasteiger charge is -2.10. The van der Waals surface area contributed by atoms with E-state index in [1.54, 1.807) is 19.2 Å². The van der Waals surface area contributed by atoms with Crippen LogP contribution >= 0.6 is 0 Å². The molecule has 0 unspecified atom stereocenters. The van der Waals surface area contributed by atoms with Crippen molar-refractivity contribution in [1.29, 1.82) is 0 Å². The molecule has 1 amide bonds. The van der Waals surface area contributed by atoms with E-state index in [9.17, 15) is 14.9 Å². The van der Waals surface area contributed by atoms with Crippen LogP contribution in [0.3, 0.4) is 0 Å². The first-order valence-corrected chi connectivity index (χ1v) is 9.43. The average molecular weight is 396 g/mol. The molecule has 1 aromatic heterocycles. The highest BCUT2D eigenvalue weighted by Gasteiger charge is 2.17. The molecule has 1 heterocycles. The lowest BCUT2D eigenvalue weighted by Crippen LogP contribution is -2.25. The summed E-state index contributed by atoms with van der Waals surface area (Å²) in [6.07, 6.45) is 2.79. The number of aromatic nitrogens is 1. The molecule has 0 saturated heterocycles. The van der Waals surface area contributed by atoms with Gasteiger partial charge in [-0.1, -0.05) is 18.2 Å². The van der Waals surface area contributed by atoms with Crippen LogP contribution in [0.4, 0.5) is 11.4 Å². The van der Waals surface area contributed by atoms with E-state index in [0.717, 1.165) is 18.5 Å². The molecule has 0 saturated carbocycles. The summed E-state index contributed by atoms with van der Waals surface area (Å²) < 4.78 is 7.08. The van der Waals surface area contributed by atoms with Crippen molar-refractivity contribution in [2.24, 2.45) is 0 Å². The Balaban J connectivity index is 1.56. The monoisotopic (exact) mass is 396 g/mol. The Labute approximate surface area is 168 Å². The minimum Gasteiger partial charge on any atom is -0.383 e. The lowest BCUT2D eigenvalue weighted by atomic mass is 10.1. The third-order valence-corrected chi connectivity index (χ3v) is 4.62. The number of fused-ring (bicyclic) bond motifs is 1. The van der Waals surface area contributed by atoms with E-state index in [2.05, 4.69) is 33.4 Å². The van der Waals surface area contributed by atoms with Crippen LogP contribution < -0.4 is 10.6 Å². The third kappa shape index (κ3) is 5.11. The Kier molecular flexibility index (Phi) is 6.80. The molecule has 0 spiro atoms. The number of nitro groups is 1. The maximum atomic E-state index is 12.4. The molecule has 0 bridgehead atoms. The van der Waals surface area contributed by atoms with Gasteiger partial charge in [0.05, 0.1) is 11.5 Å². The van der Waals surface area contributed by atoms with Crippen LogP contribution in [0.5, 0.6) is 0 Å². The maximum absolute atomic E-state index is 12.4. The Morgan fingerprint density at radius 3 is 2.79 bits per heavy atom. The molecule has 29 heavy (non-hydrogen) atoms. The largest absolute Gasteiger partial charge is 0.383 e. The van der Waals surface area contributed by atoms with E-state index in [1.807, 2.05) is 18.3 Å². The maximum Gasteiger partial charge on any atom is 0.293 e. The van der Waals surface area contributed by atoms with Gasteiger partial charge in [-0.05, 0) is 36.1 Å². The van der Waals surface area contributed by atoms with Crippen molar-refractivity contribution in [3.8, 4) is 0 Å². The van der Waals surface area contributed by atoms with Crippen LogP contribution in [0.15, 0.2) is 54.7 Å². The number of rotatable bonds is 10. The number of benzene rings is 2. The second-order valence-corrected chi connectivity index (χ2v) is 6.59. The summed E-state index contributed by atoms with van der Waals surface area (Å²) in [6.45, 7) is 2.12. The number of nitrogens with zero attached hydrogens (tertiary/aromatic N) is 2. The fraction of sp³-hybridized carbons (Fsp3) is 0.286. The Morgan fingerprint density at radius 2 is 2.00 bits per heavy atom. The molecule has 0 radical (unpaired) electrons. The quantitative estimate of drug-likeness (QED) is 0.311. The summed E-state index contributed by atoms with van der Waals surface area (Å²) in [5, 5.41) is 18.3. The molecule has 152 valence electrons. The SMILES string of the molecule is COCCNc1ccc(C(=O)NCCCn2ccc3ccccc32)cc1[N+](=O)[O-]. The molecule has 0 aliphatic rings. The predicted molar refractivity (Wildman–Crippen MR) is 112 cm³/mol. The summed E-state index contributed by atoms with van der Waals surface area (Å²) in [5.41, 5.74) is 1.65. The molecule has 0 aliphatic heterocycles. The highest BCUT2D eigenvalue weighted by molar-refractivity contribution is 5.95. The fourth-order valence-corrected chi connectivity index (χ4v) is 3.15. The molecule has 3 rings (SSSR count). The Hall–Kier alpha value is -3.39. The highest BCUT2D eigenvalue weighted by atomic mass is 16.6. The molecule has 0 fully saturated rings. The Bertz CT molecular complexity index is 999. The van der Waals surface area contributed by atoms with E-state index >= 15 is 0 Å². The van der Waals surface area contributed by atoms with Crippen molar-refractivity contribution in [2.45, 2.75) is 13.0 Å². The van der Waals surface area contributed by atoms with Gasteiger partial charge in [-0.15, -0.1) is 0 Å². The number of amides is 1. The van der Waals surface area contributed by atoms with Crippen LogP contribution in [0.25, 0.3) is 10.9 Å². The summed E-state index contributed by atoms with van der Waals surface area (Å²) in [6, 6.07) is 14.6. The minimum absolute atomic E-state index is 0.132. The summed E-state index contributed by atoms with van der Waals surface area (Å²) in [7, 11) is 1.56. The van der Waals surface area contributed by atoms with Gasteiger partial charge in [0.2, 0.25) is 0 Å². The summed E-state index contributed by atoms with van der Waals surface area (Å²) in [5.74, 6) is -0.325. The van der Waals surface area contributed by atoms with Crippen molar-refractivity contribution < 1.29 is 14.5 Å². The van der Waals surface area contributed by atoms with Gasteiger partial charge in [0.25, 0.3) is 11.6 Å². The summed E-state index contributed by atoms with van der Waals surface area (Å²) >= 11 is 0. The number of aryl methyl sites for hydroxylation is 1. The first kappa shape index (κ1) is 20.3. The zero-order chi connectivity index (χ0) is 20.6. The van der Waals surface area contributed by atoms with Crippen molar-refractivity contribution in [1.82, 2.24) is 9.88 Å². The van der Waals surface area contributed by atoms with Gasteiger partial charge < -0.3 is 19.9 Å². The van der Waals surface area contributed by atoms with E-state index in [0.29, 0.717) is 25.4 Å². The molecule has 3 aromatic rings. The van der Waals surface area contributed by atoms with E-state index in [1.165, 1.54) is 11.5 Å². The fourth-order valence-electron chi connectivity index (χ4n) is 3.15. The lowest BCUT2D eigenvalue weighted by molar-refractivity contribution is -0.384. The second-order valence-electron chi connectivity index (χ2n) is 6.59. The van der Waals surface area contributed by atoms with Crippen molar-refractivity contribution in [3.05, 3.63) is 70.4 Å². The predicted octanol–water partition coefficient (Wildman–Crippen LogP) is 3.43. The van der Waals surface area contributed by atoms with Gasteiger partial charge >= 0.3 is 0 Å². The molecule has 2 aromatic carbocycles. The second kappa shape index (κ2) is 9.70. The standard InChI is InChI=1S/C21H24N4O4/c1-29-14-11-22-18-8-7-17(15-20(18)25(27)28)21(26)23-10-4-12-24-13-9-16-5-2-3-6-19(16)24/h2-3,5-9,13,15,22H,4,10-12,14H2,1H3,(H,23,26). The number of hydrogen-bond acceptors (Lipinski definition) is 5. The molecular weight excluding hydrogens is 372 g/mol. The average Bonchev–Trinajstić information content (AvgIpc) is 3.14. The first-order chi connectivity index (χ1) is 14.1. The number of ether oxygens (including phenoxy) is 1. The zero-order valence-electron chi connectivity index (χ0n) is 16.3. The molecule has 8 nitrogen and oxygen atoms in total. The van der Waals surface area contributed by atoms with Gasteiger partial charge in [0.1, 0.15) is 5.69 Å². The van der Waals surface area contributed by atoms with E-state index < -0.39 is 4.92 Å². The molecule has 8 heteroatoms. The minimum atomic E-state index is -0.497. The van der Waals surface area contributed by atoms with Crippen LogP contribution in [0, 0.1) is 10.1 Å². The smallest absolute Gasteiger partial charge is 0.293 e. The molecule has 0 aliphatic carbocycles. The number of para-hydroxylation sites is 1. The number of nitrogens with one attached hydrogen (secondary N) is 2. The van der Waals surface area contributed by atoms with Gasteiger partial charge in [-0.2, -0.15) is 0 Å². The Morgan fingerprint density at radius 1 is 1.17 bits per heavy atom. The normalized spacial score (nSPS) is 10.8. The molecular formula is C21H24N4O4. The molecule has 2 N–H and O–H groups in total. The summed E-state index contributed by atoms with van der Waals surface area (Å²) in [4.78, 5) is 23.2. The van der Waals surface area contributed by atoms with Gasteiger partial charge in [-0.25, -0.2) is 0 Å². The van der Waals surface area contributed by atoms with E-state index in [4.69, 9.17) is 4.74 Å². The third-order valence-electron chi connectivity index (χ3n) is 4.62. The molecule has 0 atom stereocenters. The first-order valence-electron chi connectivity index (χ1n) is 9.43. The van der Waals surface area contributed by atoms with Crippen LogP contribution in [-0.2, 0) is 11.3 Å². The van der Waals surface area contributed by atoms with Gasteiger partial charge in [0, 0.05) is 50.1 Å². The number of carbonyl (C=O) groups excluding carboxylic acids is 1. The van der Waals surface area contributed by atoms with E-state index in [-0.39, 0.29) is 17.2 Å². The number of carbonyl (C=O) groups is 1. The van der Waals surface area contributed by atoms with Crippen LogP contribution in [0.1, 0.15) is 16.8 Å². The number of hydrogen-bond donors (Lipinski definition) is 2. The van der Waals surface area contributed by atoms with Crippen molar-refractivity contribution >= 4 is 28.2 Å². The van der Waals surface area contributed by atoms with Gasteiger partial charge in [-0.3, -0.25) is 14.9 Å². The van der Waals surface area contributed by atoms with Crippen LogP contribution in [-0.4, -0.2) is 42.2 Å². The highest BCUT2D eigenvalue weighted by Crippen LogP contribution is 2.25. The number of nitro benzene ring substituents is 1. The van der Waals surface area contributed by atoms with Gasteiger partial charge in [0.15, 0.2) is 0 Å².